The fourth-order valence-corrected chi connectivity index (χ4v) is 7.72. The van der Waals surface area contributed by atoms with Gasteiger partial charge in [0, 0.05) is 13.0 Å². The molecule has 4 aliphatic rings. The normalized spacial score (nSPS) is 48.8. The van der Waals surface area contributed by atoms with Gasteiger partial charge in [0.15, 0.2) is 0 Å². The van der Waals surface area contributed by atoms with Crippen LogP contribution in [-0.2, 0) is 9.53 Å². The molecule has 4 rings (SSSR count). The molecule has 0 heterocycles. The van der Waals surface area contributed by atoms with Gasteiger partial charge in [0.05, 0.1) is 6.07 Å². The van der Waals surface area contributed by atoms with Gasteiger partial charge in [-0.1, -0.05) is 19.4 Å². The second-order valence-electron chi connectivity index (χ2n) is 9.96. The van der Waals surface area contributed by atoms with Gasteiger partial charge in [-0.05, 0) is 92.3 Å². The number of fused-ring (bicyclic) bond motifs is 5. The monoisotopic (exact) mass is 355 g/mol. The number of ether oxygens (including phenoxy) is 1. The number of esters is 1. The minimum atomic E-state index is -0.122. The van der Waals surface area contributed by atoms with Crippen LogP contribution in [0.1, 0.15) is 78.6 Å². The van der Waals surface area contributed by atoms with Gasteiger partial charge in [0.1, 0.15) is 6.10 Å². The molecule has 0 bridgehead atoms. The molecular weight excluding hydrogens is 322 g/mol. The van der Waals surface area contributed by atoms with Crippen molar-refractivity contribution in [2.45, 2.75) is 84.7 Å². The van der Waals surface area contributed by atoms with Crippen molar-refractivity contribution in [3.8, 4) is 6.07 Å². The molecule has 4 fully saturated rings. The molecule has 26 heavy (non-hydrogen) atoms. The van der Waals surface area contributed by atoms with Crippen molar-refractivity contribution in [2.75, 3.05) is 0 Å². The molecule has 7 atom stereocenters. The highest BCUT2D eigenvalue weighted by molar-refractivity contribution is 5.66. The number of nitrogens with zero attached hydrogens (tertiary/aromatic N) is 1. The summed E-state index contributed by atoms with van der Waals surface area (Å²) in [6.07, 6.45) is 12.9. The number of carbonyl (C=O) groups excluding carboxylic acids is 1. The third kappa shape index (κ3) is 2.63. The highest BCUT2D eigenvalue weighted by atomic mass is 16.5. The highest BCUT2D eigenvalue weighted by Crippen LogP contribution is 2.67. The Morgan fingerprint density at radius 2 is 1.96 bits per heavy atom. The Bertz CT molecular complexity index is 662. The lowest BCUT2D eigenvalue weighted by molar-refractivity contribution is -0.158. The van der Waals surface area contributed by atoms with Crippen LogP contribution in [0.4, 0.5) is 0 Å². The van der Waals surface area contributed by atoms with Gasteiger partial charge < -0.3 is 4.74 Å². The van der Waals surface area contributed by atoms with Gasteiger partial charge >= 0.3 is 5.97 Å². The number of allylic oxidation sites excluding steroid dienone is 2. The Hall–Kier alpha value is -1.30. The number of hydrogen-bond acceptors (Lipinski definition) is 3. The number of rotatable bonds is 1. The predicted octanol–water partition coefficient (Wildman–Crippen LogP) is 5.41. The van der Waals surface area contributed by atoms with E-state index < -0.39 is 0 Å². The van der Waals surface area contributed by atoms with Crippen molar-refractivity contribution in [2.24, 2.45) is 34.5 Å². The van der Waals surface area contributed by atoms with E-state index in [1.165, 1.54) is 44.1 Å². The molecule has 0 aromatic carbocycles. The van der Waals surface area contributed by atoms with E-state index in [1.54, 1.807) is 6.92 Å². The molecule has 0 aromatic heterocycles. The molecule has 0 aromatic rings. The van der Waals surface area contributed by atoms with E-state index in [2.05, 4.69) is 19.9 Å². The minimum Gasteiger partial charge on any atom is -0.463 e. The Kier molecular flexibility index (Phi) is 4.45. The van der Waals surface area contributed by atoms with E-state index in [1.807, 2.05) is 6.08 Å². The summed E-state index contributed by atoms with van der Waals surface area (Å²) in [5.74, 6) is 3.00. The molecule has 0 unspecified atom stereocenters. The van der Waals surface area contributed by atoms with Crippen molar-refractivity contribution < 1.29 is 9.53 Å². The summed E-state index contributed by atoms with van der Waals surface area (Å²) in [5, 5.41) is 9.18. The standard InChI is InChI=1S/C23H33NO2/c1-15(25)26-18-8-11-23(3)17(14-18)4-6-19-20-7-5-16(10-13-24)22(20,2)12-9-21(19)23/h10,17-21H,4-9,11-12,14H2,1-3H3/t17-,18-,19-,20-,21-,22+,23-/m0/s1. The van der Waals surface area contributed by atoms with Crippen LogP contribution in [0.2, 0.25) is 0 Å². The summed E-state index contributed by atoms with van der Waals surface area (Å²) in [4.78, 5) is 11.4. The molecule has 0 saturated heterocycles. The minimum absolute atomic E-state index is 0.122. The van der Waals surface area contributed by atoms with Crippen LogP contribution in [0.15, 0.2) is 11.6 Å². The lowest BCUT2D eigenvalue weighted by Crippen LogP contribution is -2.53. The quantitative estimate of drug-likeness (QED) is 0.467. The van der Waals surface area contributed by atoms with Crippen molar-refractivity contribution in [3.05, 3.63) is 11.6 Å². The number of nitriles is 1. The molecule has 0 radical (unpaired) electrons. The first-order chi connectivity index (χ1) is 12.4. The van der Waals surface area contributed by atoms with Crippen LogP contribution in [0, 0.1) is 45.8 Å². The molecule has 0 aliphatic heterocycles. The van der Waals surface area contributed by atoms with E-state index in [0.29, 0.717) is 11.3 Å². The average molecular weight is 356 g/mol. The van der Waals surface area contributed by atoms with Gasteiger partial charge in [-0.3, -0.25) is 4.79 Å². The maximum absolute atomic E-state index is 11.4. The number of hydrogen-bond donors (Lipinski definition) is 0. The summed E-state index contributed by atoms with van der Waals surface area (Å²) >= 11 is 0. The van der Waals surface area contributed by atoms with Crippen molar-refractivity contribution in [3.63, 3.8) is 0 Å². The maximum atomic E-state index is 11.4. The summed E-state index contributed by atoms with van der Waals surface area (Å²) in [6, 6.07) is 2.31. The predicted molar refractivity (Wildman–Crippen MR) is 101 cm³/mol. The topological polar surface area (TPSA) is 50.1 Å². The van der Waals surface area contributed by atoms with Gasteiger partial charge in [-0.2, -0.15) is 5.26 Å². The van der Waals surface area contributed by atoms with Crippen molar-refractivity contribution in [1.82, 2.24) is 0 Å². The summed E-state index contributed by atoms with van der Waals surface area (Å²) in [7, 11) is 0. The largest absolute Gasteiger partial charge is 0.463 e. The smallest absolute Gasteiger partial charge is 0.302 e. The zero-order valence-corrected chi connectivity index (χ0v) is 16.6. The molecular formula is C23H33NO2. The Morgan fingerprint density at radius 3 is 2.69 bits per heavy atom. The zero-order valence-electron chi connectivity index (χ0n) is 16.6. The van der Waals surface area contributed by atoms with E-state index in [9.17, 15) is 10.1 Å². The van der Waals surface area contributed by atoms with E-state index in [0.717, 1.165) is 37.0 Å². The molecule has 0 N–H and O–H groups in total. The van der Waals surface area contributed by atoms with Crippen LogP contribution in [0.25, 0.3) is 0 Å². The van der Waals surface area contributed by atoms with Crippen LogP contribution >= 0.6 is 0 Å². The first-order valence-electron chi connectivity index (χ1n) is 10.6. The van der Waals surface area contributed by atoms with Crippen molar-refractivity contribution in [1.29, 1.82) is 5.26 Å². The third-order valence-electron chi connectivity index (χ3n) is 9.04. The molecule has 142 valence electrons. The van der Waals surface area contributed by atoms with Gasteiger partial charge in [0.2, 0.25) is 0 Å². The average Bonchev–Trinajstić information content (AvgIpc) is 2.92. The van der Waals surface area contributed by atoms with Gasteiger partial charge in [0.25, 0.3) is 0 Å². The Balaban J connectivity index is 1.55. The molecule has 0 spiro atoms. The summed E-state index contributed by atoms with van der Waals surface area (Å²) in [5.41, 5.74) is 2.12. The zero-order chi connectivity index (χ0) is 18.5. The fourth-order valence-electron chi connectivity index (χ4n) is 7.72. The molecule has 4 aliphatic carbocycles. The Labute approximate surface area is 158 Å². The van der Waals surface area contributed by atoms with Crippen LogP contribution < -0.4 is 0 Å². The second kappa shape index (κ2) is 6.39. The first kappa shape index (κ1) is 18.1. The van der Waals surface area contributed by atoms with Crippen LogP contribution in [0.3, 0.4) is 0 Å². The molecule has 0 amide bonds. The SMILES string of the molecule is CC(=O)O[C@H]1CC[C@@]2(C)[C@@H](CC[C@@H]3[C@@H]2CC[C@]2(C)C(=CC#N)CC[C@@H]32)C1. The lowest BCUT2D eigenvalue weighted by Gasteiger charge is -2.60. The third-order valence-corrected chi connectivity index (χ3v) is 9.04. The van der Waals surface area contributed by atoms with Gasteiger partial charge in [-0.25, -0.2) is 0 Å². The lowest BCUT2D eigenvalue weighted by atomic mass is 9.45. The molecule has 4 saturated carbocycles. The highest BCUT2D eigenvalue weighted by Gasteiger charge is 2.59. The molecule has 3 heteroatoms. The van der Waals surface area contributed by atoms with E-state index in [-0.39, 0.29) is 17.5 Å². The van der Waals surface area contributed by atoms with Crippen molar-refractivity contribution >= 4 is 5.97 Å². The first-order valence-corrected chi connectivity index (χ1v) is 10.6. The second-order valence-corrected chi connectivity index (χ2v) is 9.96. The summed E-state index contributed by atoms with van der Waals surface area (Å²) < 4.78 is 5.57. The van der Waals surface area contributed by atoms with Crippen LogP contribution in [0.5, 0.6) is 0 Å². The van der Waals surface area contributed by atoms with Gasteiger partial charge in [-0.15, -0.1) is 0 Å². The molecule has 3 nitrogen and oxygen atoms in total. The fraction of sp³-hybridized carbons (Fsp3) is 0.826. The van der Waals surface area contributed by atoms with E-state index >= 15 is 0 Å². The van der Waals surface area contributed by atoms with Crippen LogP contribution in [-0.4, -0.2) is 12.1 Å². The summed E-state index contributed by atoms with van der Waals surface area (Å²) in [6.45, 7) is 6.53. The Morgan fingerprint density at radius 1 is 1.15 bits per heavy atom. The number of carbonyl (C=O) groups is 1. The maximum Gasteiger partial charge on any atom is 0.302 e. The van der Waals surface area contributed by atoms with E-state index in [4.69, 9.17) is 4.74 Å².